The third-order valence-electron chi connectivity index (χ3n) is 6.10. The van der Waals surface area contributed by atoms with E-state index in [9.17, 15) is 18.4 Å². The Hall–Kier alpha value is -2.87. The smallest absolute Gasteiger partial charge is 0.254 e. The summed E-state index contributed by atoms with van der Waals surface area (Å²) in [6.07, 6.45) is 3.25. The molecular formula is C24H27F2N3O3. The Balaban J connectivity index is 1.43. The van der Waals surface area contributed by atoms with Crippen molar-refractivity contribution in [1.29, 1.82) is 0 Å². The molecule has 0 spiro atoms. The highest BCUT2D eigenvalue weighted by molar-refractivity contribution is 5.96. The number of amides is 2. The largest absolute Gasteiger partial charge is 0.376 e. The Kier molecular flexibility index (Phi) is 6.79. The highest BCUT2D eigenvalue weighted by Crippen LogP contribution is 2.30. The summed E-state index contributed by atoms with van der Waals surface area (Å²) in [4.78, 5) is 31.8. The predicted octanol–water partition coefficient (Wildman–Crippen LogP) is 3.60. The number of ether oxygens (including phenoxy) is 1. The molecule has 6 nitrogen and oxygen atoms in total. The van der Waals surface area contributed by atoms with Crippen LogP contribution in [-0.4, -0.2) is 54.0 Å². The number of nitrogens with zero attached hydrogens (tertiary/aromatic N) is 2. The van der Waals surface area contributed by atoms with Crippen LogP contribution in [0.3, 0.4) is 0 Å². The number of carbonyl (C=O) groups excluding carboxylic acids is 2. The Labute approximate surface area is 186 Å². The lowest BCUT2D eigenvalue weighted by Crippen LogP contribution is -2.39. The van der Waals surface area contributed by atoms with Gasteiger partial charge in [-0.2, -0.15) is 0 Å². The second-order valence-corrected chi connectivity index (χ2v) is 8.46. The van der Waals surface area contributed by atoms with Crippen LogP contribution >= 0.6 is 0 Å². The van der Waals surface area contributed by atoms with Crippen molar-refractivity contribution in [3.05, 3.63) is 64.5 Å². The summed E-state index contributed by atoms with van der Waals surface area (Å²) < 4.78 is 32.6. The number of halogens is 2. The number of benzene rings is 1. The molecule has 8 heteroatoms. The minimum Gasteiger partial charge on any atom is -0.376 e. The lowest BCUT2D eigenvalue weighted by atomic mass is 9.89. The lowest BCUT2D eigenvalue weighted by molar-refractivity contribution is 0.0709. The molecule has 1 N–H and O–H groups in total. The van der Waals surface area contributed by atoms with Gasteiger partial charge in [-0.3, -0.25) is 14.6 Å². The van der Waals surface area contributed by atoms with Crippen molar-refractivity contribution in [1.82, 2.24) is 15.2 Å². The van der Waals surface area contributed by atoms with Crippen LogP contribution in [-0.2, 0) is 4.74 Å². The molecule has 0 aliphatic carbocycles. The van der Waals surface area contributed by atoms with Gasteiger partial charge in [-0.25, -0.2) is 8.78 Å². The van der Waals surface area contributed by atoms with E-state index in [1.54, 1.807) is 11.0 Å². The van der Waals surface area contributed by atoms with Crippen LogP contribution in [0.2, 0.25) is 0 Å². The maximum absolute atomic E-state index is 13.5. The van der Waals surface area contributed by atoms with Crippen LogP contribution in [0.15, 0.2) is 30.3 Å². The van der Waals surface area contributed by atoms with E-state index in [1.165, 1.54) is 0 Å². The molecular weight excluding hydrogens is 416 g/mol. The van der Waals surface area contributed by atoms with Crippen LogP contribution in [0, 0.1) is 18.6 Å². The molecule has 1 aromatic carbocycles. The molecule has 2 aliphatic rings. The first-order chi connectivity index (χ1) is 15.4. The fourth-order valence-corrected chi connectivity index (χ4v) is 4.40. The summed E-state index contributed by atoms with van der Waals surface area (Å²) in [5.41, 5.74) is 2.11. The van der Waals surface area contributed by atoms with Crippen molar-refractivity contribution in [3.63, 3.8) is 0 Å². The second-order valence-electron chi connectivity index (χ2n) is 8.46. The summed E-state index contributed by atoms with van der Waals surface area (Å²) in [5, 5.41) is 2.96. The summed E-state index contributed by atoms with van der Waals surface area (Å²) >= 11 is 0. The van der Waals surface area contributed by atoms with Crippen LogP contribution < -0.4 is 5.32 Å². The van der Waals surface area contributed by atoms with Crippen molar-refractivity contribution >= 4 is 11.8 Å². The first-order valence-corrected chi connectivity index (χ1v) is 11.0. The highest BCUT2D eigenvalue weighted by atomic mass is 19.1. The van der Waals surface area contributed by atoms with E-state index in [4.69, 9.17) is 4.74 Å². The van der Waals surface area contributed by atoms with Crippen LogP contribution in [0.5, 0.6) is 0 Å². The fourth-order valence-electron chi connectivity index (χ4n) is 4.40. The van der Waals surface area contributed by atoms with Gasteiger partial charge in [0.2, 0.25) is 0 Å². The number of hydrogen-bond donors (Lipinski definition) is 1. The third kappa shape index (κ3) is 5.12. The maximum Gasteiger partial charge on any atom is 0.254 e. The first-order valence-electron chi connectivity index (χ1n) is 11.0. The third-order valence-corrected chi connectivity index (χ3v) is 6.10. The molecule has 4 rings (SSSR count). The number of piperidine rings is 1. The zero-order valence-electron chi connectivity index (χ0n) is 18.1. The predicted molar refractivity (Wildman–Crippen MR) is 115 cm³/mol. The van der Waals surface area contributed by atoms with Crippen LogP contribution in [0.1, 0.15) is 63.7 Å². The molecule has 1 atom stereocenters. The van der Waals surface area contributed by atoms with E-state index in [1.807, 2.05) is 13.0 Å². The summed E-state index contributed by atoms with van der Waals surface area (Å²) in [5.74, 6) is -2.09. The van der Waals surface area contributed by atoms with Gasteiger partial charge in [-0.05, 0) is 56.9 Å². The molecule has 3 heterocycles. The van der Waals surface area contributed by atoms with E-state index >= 15 is 0 Å². The number of hydrogen-bond acceptors (Lipinski definition) is 4. The maximum atomic E-state index is 13.5. The number of carbonyl (C=O) groups is 2. The summed E-state index contributed by atoms with van der Waals surface area (Å²) in [7, 11) is 0. The van der Waals surface area contributed by atoms with Crippen LogP contribution in [0.4, 0.5) is 8.78 Å². The van der Waals surface area contributed by atoms with Crippen molar-refractivity contribution in [2.45, 2.75) is 44.6 Å². The quantitative estimate of drug-likeness (QED) is 0.767. The summed E-state index contributed by atoms with van der Waals surface area (Å²) in [6, 6.07) is 6.47. The Morgan fingerprint density at radius 1 is 1.12 bits per heavy atom. The van der Waals surface area contributed by atoms with Crippen molar-refractivity contribution in [2.75, 3.05) is 26.2 Å². The molecule has 32 heavy (non-hydrogen) atoms. The highest BCUT2D eigenvalue weighted by Gasteiger charge is 2.29. The SMILES string of the molecule is Cc1ccc(C(=O)NCC2CCCO2)c(C2CCN(C(=O)c3cc(F)cc(F)c3)CC2)n1. The number of rotatable bonds is 5. The number of nitrogens with one attached hydrogen (secondary N) is 1. The molecule has 1 unspecified atom stereocenters. The number of likely N-dealkylation sites (tertiary alicyclic amines) is 1. The standard InChI is InChI=1S/C24H27F2N3O3/c1-15-4-5-21(23(30)27-14-20-3-2-10-32-20)22(28-15)16-6-8-29(9-7-16)24(31)17-11-18(25)13-19(26)12-17/h4-5,11-13,16,20H,2-3,6-10,14H2,1H3,(H,27,30). The van der Waals surface area contributed by atoms with Gasteiger partial charge < -0.3 is 15.0 Å². The molecule has 170 valence electrons. The van der Waals surface area contributed by atoms with Gasteiger partial charge in [-0.1, -0.05) is 0 Å². The number of pyridine rings is 1. The number of aryl methyl sites for hydroxylation is 1. The normalized spacial score (nSPS) is 19.2. The molecule has 2 aliphatic heterocycles. The molecule has 2 amide bonds. The van der Waals surface area contributed by atoms with E-state index in [0.29, 0.717) is 38.0 Å². The van der Waals surface area contributed by atoms with E-state index < -0.39 is 17.5 Å². The van der Waals surface area contributed by atoms with Crippen LogP contribution in [0.25, 0.3) is 0 Å². The van der Waals surface area contributed by atoms with Gasteiger partial charge in [-0.15, -0.1) is 0 Å². The van der Waals surface area contributed by atoms with E-state index in [2.05, 4.69) is 10.3 Å². The molecule has 2 aromatic rings. The molecule has 0 radical (unpaired) electrons. The minimum absolute atomic E-state index is 0.00355. The Bertz CT molecular complexity index is 980. The van der Waals surface area contributed by atoms with Gasteiger partial charge in [0.1, 0.15) is 11.6 Å². The second kappa shape index (κ2) is 9.73. The average Bonchev–Trinajstić information content (AvgIpc) is 3.30. The van der Waals surface area contributed by atoms with Gasteiger partial charge in [0.25, 0.3) is 11.8 Å². The first kappa shape index (κ1) is 22.3. The van der Waals surface area contributed by atoms with Gasteiger partial charge in [0, 0.05) is 49.5 Å². The molecule has 0 bridgehead atoms. The van der Waals surface area contributed by atoms with Crippen molar-refractivity contribution in [3.8, 4) is 0 Å². The zero-order chi connectivity index (χ0) is 22.7. The fraction of sp³-hybridized carbons (Fsp3) is 0.458. The summed E-state index contributed by atoms with van der Waals surface area (Å²) in [6.45, 7) is 3.94. The number of aromatic nitrogens is 1. The van der Waals surface area contributed by atoms with E-state index in [-0.39, 0.29) is 23.5 Å². The van der Waals surface area contributed by atoms with Crippen molar-refractivity contribution < 1.29 is 23.1 Å². The monoisotopic (exact) mass is 443 g/mol. The molecule has 0 saturated carbocycles. The lowest BCUT2D eigenvalue weighted by Gasteiger charge is -2.32. The van der Waals surface area contributed by atoms with Crippen molar-refractivity contribution in [2.24, 2.45) is 0 Å². The zero-order valence-corrected chi connectivity index (χ0v) is 18.1. The molecule has 2 fully saturated rings. The topological polar surface area (TPSA) is 71.5 Å². The van der Waals surface area contributed by atoms with Gasteiger partial charge in [0.15, 0.2) is 0 Å². The molecule has 2 saturated heterocycles. The van der Waals surface area contributed by atoms with E-state index in [0.717, 1.165) is 49.0 Å². The minimum atomic E-state index is -0.772. The molecule has 1 aromatic heterocycles. The van der Waals surface area contributed by atoms with Gasteiger partial charge >= 0.3 is 0 Å². The Morgan fingerprint density at radius 2 is 1.84 bits per heavy atom. The van der Waals surface area contributed by atoms with Gasteiger partial charge in [0.05, 0.1) is 17.4 Å². The average molecular weight is 443 g/mol. The Morgan fingerprint density at radius 3 is 2.50 bits per heavy atom.